The Morgan fingerprint density at radius 2 is 2.24 bits per heavy atom. The third kappa shape index (κ3) is 1.30. The van der Waals surface area contributed by atoms with Crippen LogP contribution in [0.25, 0.3) is 0 Å². The molecule has 0 saturated heterocycles. The Morgan fingerprint density at radius 1 is 1.47 bits per heavy atom. The van der Waals surface area contributed by atoms with E-state index in [0.717, 1.165) is 17.7 Å². The predicted octanol–water partition coefficient (Wildman–Crippen LogP) is 3.48. The lowest BCUT2D eigenvalue weighted by molar-refractivity contribution is -0.128. The van der Waals surface area contributed by atoms with Crippen LogP contribution in [0.15, 0.2) is 28.4 Å². The van der Waals surface area contributed by atoms with Gasteiger partial charge in [-0.05, 0) is 32.3 Å². The van der Waals surface area contributed by atoms with Gasteiger partial charge in [0.05, 0.1) is 6.26 Å². The molecule has 0 aliphatic heterocycles. The topological polar surface area (TPSA) is 30.2 Å². The van der Waals surface area contributed by atoms with Crippen LogP contribution in [0.2, 0.25) is 0 Å². The number of carbonyl (C=O) groups is 1. The predicted molar refractivity (Wildman–Crippen MR) is 65.8 cm³/mol. The van der Waals surface area contributed by atoms with E-state index < -0.39 is 0 Å². The normalized spacial score (nSPS) is 36.2. The molecule has 0 radical (unpaired) electrons. The van der Waals surface area contributed by atoms with Crippen LogP contribution in [-0.2, 0) is 11.2 Å². The SMILES string of the molecule is CC1=CC2CC(C)C1(C)C(=O)Cc1ccoc12. The van der Waals surface area contributed by atoms with Crippen LogP contribution in [0.5, 0.6) is 0 Å². The molecule has 4 rings (SSSR count). The summed E-state index contributed by atoms with van der Waals surface area (Å²) in [4.78, 5) is 12.5. The van der Waals surface area contributed by atoms with E-state index in [9.17, 15) is 4.79 Å². The summed E-state index contributed by atoms with van der Waals surface area (Å²) in [5, 5.41) is 0. The second-order valence-corrected chi connectivity index (χ2v) is 5.71. The maximum absolute atomic E-state index is 12.5. The Balaban J connectivity index is 2.22. The van der Waals surface area contributed by atoms with E-state index in [4.69, 9.17) is 4.42 Å². The molecule has 0 aromatic carbocycles. The average Bonchev–Trinajstić information content (AvgIpc) is 2.71. The van der Waals surface area contributed by atoms with Crippen molar-refractivity contribution in [2.45, 2.75) is 39.5 Å². The Kier molecular flexibility index (Phi) is 2.13. The molecule has 2 bridgehead atoms. The van der Waals surface area contributed by atoms with Gasteiger partial charge in [0.2, 0.25) is 0 Å². The number of allylic oxidation sites excluding steroid dienone is 2. The Bertz CT molecular complexity index is 509. The van der Waals surface area contributed by atoms with Crippen LogP contribution in [0, 0.1) is 11.3 Å². The zero-order valence-electron chi connectivity index (χ0n) is 10.6. The van der Waals surface area contributed by atoms with Crippen molar-refractivity contribution in [2.24, 2.45) is 11.3 Å². The summed E-state index contributed by atoms with van der Waals surface area (Å²) in [6, 6.07) is 1.95. The highest BCUT2D eigenvalue weighted by atomic mass is 16.3. The van der Waals surface area contributed by atoms with Crippen molar-refractivity contribution in [3.05, 3.63) is 35.3 Å². The van der Waals surface area contributed by atoms with E-state index in [1.54, 1.807) is 6.26 Å². The van der Waals surface area contributed by atoms with Crippen LogP contribution in [0.3, 0.4) is 0 Å². The highest BCUT2D eigenvalue weighted by Gasteiger charge is 2.46. The van der Waals surface area contributed by atoms with Gasteiger partial charge >= 0.3 is 0 Å². The molecule has 17 heavy (non-hydrogen) atoms. The molecule has 0 amide bonds. The number of furan rings is 1. The van der Waals surface area contributed by atoms with Gasteiger partial charge in [0.25, 0.3) is 0 Å². The molecule has 1 heterocycles. The van der Waals surface area contributed by atoms with Crippen molar-refractivity contribution >= 4 is 5.78 Å². The molecule has 3 aliphatic rings. The molecule has 0 N–H and O–H groups in total. The Hall–Kier alpha value is -1.31. The largest absolute Gasteiger partial charge is 0.468 e. The highest BCUT2D eigenvalue weighted by Crippen LogP contribution is 2.50. The van der Waals surface area contributed by atoms with Crippen molar-refractivity contribution < 1.29 is 9.21 Å². The fraction of sp³-hybridized carbons (Fsp3) is 0.533. The second-order valence-electron chi connectivity index (χ2n) is 5.71. The fourth-order valence-electron chi connectivity index (χ4n) is 3.40. The minimum atomic E-state index is -0.272. The number of hydrogen-bond acceptors (Lipinski definition) is 2. The van der Waals surface area contributed by atoms with Crippen molar-refractivity contribution in [3.8, 4) is 0 Å². The molecule has 3 aliphatic carbocycles. The standard InChI is InChI=1S/C15H18O2/c1-9-6-12-7-10(2)15(9,3)13(16)8-11-4-5-17-14(11)12/h4-6,10,12H,7-8H2,1-3H3. The molecule has 2 heteroatoms. The zero-order chi connectivity index (χ0) is 12.2. The van der Waals surface area contributed by atoms with Crippen LogP contribution in [-0.4, -0.2) is 5.78 Å². The zero-order valence-corrected chi connectivity index (χ0v) is 10.6. The molecular formula is C15H18O2. The monoisotopic (exact) mass is 230 g/mol. The van der Waals surface area contributed by atoms with Crippen molar-refractivity contribution in [1.29, 1.82) is 0 Å². The van der Waals surface area contributed by atoms with Gasteiger partial charge in [-0.2, -0.15) is 0 Å². The number of Topliss-reactive ketones (excluding diaryl/α,β-unsaturated/α-hetero) is 1. The summed E-state index contributed by atoms with van der Waals surface area (Å²) >= 11 is 0. The molecule has 0 fully saturated rings. The van der Waals surface area contributed by atoms with Gasteiger partial charge in [-0.15, -0.1) is 0 Å². The molecular weight excluding hydrogens is 212 g/mol. The fourth-order valence-corrected chi connectivity index (χ4v) is 3.40. The number of carbonyl (C=O) groups excluding carboxylic acids is 1. The average molecular weight is 230 g/mol. The summed E-state index contributed by atoms with van der Waals surface area (Å²) < 4.78 is 5.60. The van der Waals surface area contributed by atoms with E-state index in [2.05, 4.69) is 26.8 Å². The molecule has 90 valence electrons. The first kappa shape index (κ1) is 10.8. The number of fused-ring (bicyclic) bond motifs is 2. The van der Waals surface area contributed by atoms with Gasteiger partial charge in [0, 0.05) is 23.3 Å². The number of hydrogen-bond donors (Lipinski definition) is 0. The van der Waals surface area contributed by atoms with Gasteiger partial charge in [0.15, 0.2) is 0 Å². The van der Waals surface area contributed by atoms with Crippen LogP contribution < -0.4 is 0 Å². The molecule has 2 nitrogen and oxygen atoms in total. The van der Waals surface area contributed by atoms with Gasteiger partial charge in [-0.3, -0.25) is 4.79 Å². The van der Waals surface area contributed by atoms with Gasteiger partial charge in [0.1, 0.15) is 11.5 Å². The molecule has 1 aromatic rings. The minimum Gasteiger partial charge on any atom is -0.468 e. The Morgan fingerprint density at radius 3 is 2.94 bits per heavy atom. The smallest absolute Gasteiger partial charge is 0.147 e. The summed E-state index contributed by atoms with van der Waals surface area (Å²) in [7, 11) is 0. The van der Waals surface area contributed by atoms with E-state index in [0.29, 0.717) is 24.0 Å². The maximum Gasteiger partial charge on any atom is 0.147 e. The van der Waals surface area contributed by atoms with Gasteiger partial charge in [-0.1, -0.05) is 18.6 Å². The van der Waals surface area contributed by atoms with Crippen molar-refractivity contribution in [3.63, 3.8) is 0 Å². The second kappa shape index (κ2) is 3.34. The number of rotatable bonds is 0. The lowest BCUT2D eigenvalue weighted by Crippen LogP contribution is -2.41. The van der Waals surface area contributed by atoms with Crippen LogP contribution in [0.1, 0.15) is 44.4 Å². The lowest BCUT2D eigenvalue weighted by Gasteiger charge is -2.42. The molecule has 3 unspecified atom stereocenters. The van der Waals surface area contributed by atoms with E-state index >= 15 is 0 Å². The van der Waals surface area contributed by atoms with E-state index in [1.165, 1.54) is 5.57 Å². The molecule has 1 aromatic heterocycles. The molecule has 0 spiro atoms. The van der Waals surface area contributed by atoms with Crippen LogP contribution >= 0.6 is 0 Å². The summed E-state index contributed by atoms with van der Waals surface area (Å²) in [6.07, 6.45) is 5.49. The first-order valence-electron chi connectivity index (χ1n) is 6.32. The first-order chi connectivity index (χ1) is 8.03. The maximum atomic E-state index is 12.5. The highest BCUT2D eigenvalue weighted by molar-refractivity contribution is 5.90. The number of ketones is 1. The summed E-state index contributed by atoms with van der Waals surface area (Å²) in [5.41, 5.74) is 2.03. The van der Waals surface area contributed by atoms with E-state index in [-0.39, 0.29) is 5.41 Å². The van der Waals surface area contributed by atoms with Crippen LogP contribution in [0.4, 0.5) is 0 Å². The van der Waals surface area contributed by atoms with Crippen molar-refractivity contribution in [1.82, 2.24) is 0 Å². The summed E-state index contributed by atoms with van der Waals surface area (Å²) in [6.45, 7) is 6.39. The van der Waals surface area contributed by atoms with Gasteiger partial charge in [-0.25, -0.2) is 0 Å². The van der Waals surface area contributed by atoms with Crippen molar-refractivity contribution in [2.75, 3.05) is 0 Å². The van der Waals surface area contributed by atoms with Gasteiger partial charge < -0.3 is 4.42 Å². The quantitative estimate of drug-likeness (QED) is 0.639. The first-order valence-corrected chi connectivity index (χ1v) is 6.32. The third-order valence-corrected chi connectivity index (χ3v) is 4.91. The third-order valence-electron chi connectivity index (χ3n) is 4.91. The lowest BCUT2D eigenvalue weighted by atomic mass is 9.60. The summed E-state index contributed by atoms with van der Waals surface area (Å²) in [5.74, 6) is 2.09. The van der Waals surface area contributed by atoms with E-state index in [1.807, 2.05) is 6.07 Å². The molecule has 0 saturated carbocycles. The Labute approximate surface area is 102 Å². The molecule has 3 atom stereocenters. The minimum absolute atomic E-state index is 0.272.